The van der Waals surface area contributed by atoms with E-state index in [4.69, 9.17) is 5.26 Å². The van der Waals surface area contributed by atoms with Crippen LogP contribution in [0.2, 0.25) is 0 Å². The standard InChI is InChI=1S/C13H19N3/c1-9(2)10(8-14)12-15-7-6-11(16-12)13(3,4)5/h6-7,9-10H,1-5H3. The number of hydrogen-bond acceptors (Lipinski definition) is 3. The van der Waals surface area contributed by atoms with Crippen molar-refractivity contribution in [2.75, 3.05) is 0 Å². The van der Waals surface area contributed by atoms with E-state index in [-0.39, 0.29) is 17.3 Å². The van der Waals surface area contributed by atoms with E-state index in [1.807, 2.05) is 19.9 Å². The third-order valence-corrected chi connectivity index (χ3v) is 2.53. The van der Waals surface area contributed by atoms with Crippen molar-refractivity contribution in [3.8, 4) is 6.07 Å². The summed E-state index contributed by atoms with van der Waals surface area (Å²) in [4.78, 5) is 8.71. The predicted molar refractivity (Wildman–Crippen MR) is 63.9 cm³/mol. The van der Waals surface area contributed by atoms with Gasteiger partial charge in [-0.3, -0.25) is 0 Å². The maximum Gasteiger partial charge on any atom is 0.145 e. The van der Waals surface area contributed by atoms with Crippen LogP contribution in [0.5, 0.6) is 0 Å². The molecule has 3 heteroatoms. The molecule has 1 aromatic heterocycles. The number of aromatic nitrogens is 2. The molecule has 0 radical (unpaired) electrons. The van der Waals surface area contributed by atoms with E-state index in [2.05, 4.69) is 36.8 Å². The molecule has 0 bridgehead atoms. The molecule has 0 saturated heterocycles. The van der Waals surface area contributed by atoms with Crippen LogP contribution in [0.3, 0.4) is 0 Å². The van der Waals surface area contributed by atoms with Crippen molar-refractivity contribution in [3.63, 3.8) is 0 Å². The zero-order valence-electron chi connectivity index (χ0n) is 10.7. The first-order chi connectivity index (χ1) is 7.36. The monoisotopic (exact) mass is 217 g/mol. The lowest BCUT2D eigenvalue weighted by Gasteiger charge is -2.19. The highest BCUT2D eigenvalue weighted by atomic mass is 14.9. The normalized spacial score (nSPS) is 13.6. The van der Waals surface area contributed by atoms with Gasteiger partial charge in [-0.25, -0.2) is 9.97 Å². The van der Waals surface area contributed by atoms with Crippen molar-refractivity contribution >= 4 is 0 Å². The Morgan fingerprint density at radius 2 is 1.94 bits per heavy atom. The second kappa shape index (κ2) is 4.61. The van der Waals surface area contributed by atoms with Crippen LogP contribution in [0.25, 0.3) is 0 Å². The van der Waals surface area contributed by atoms with Gasteiger partial charge >= 0.3 is 0 Å². The maximum absolute atomic E-state index is 9.11. The molecule has 86 valence electrons. The maximum atomic E-state index is 9.11. The lowest BCUT2D eigenvalue weighted by molar-refractivity contribution is 0.530. The average molecular weight is 217 g/mol. The van der Waals surface area contributed by atoms with Crippen LogP contribution in [-0.4, -0.2) is 9.97 Å². The van der Waals surface area contributed by atoms with Gasteiger partial charge in [0.1, 0.15) is 11.7 Å². The highest BCUT2D eigenvalue weighted by Gasteiger charge is 2.21. The van der Waals surface area contributed by atoms with Crippen LogP contribution in [-0.2, 0) is 5.41 Å². The Kier molecular flexibility index (Phi) is 3.64. The Hall–Kier alpha value is -1.43. The van der Waals surface area contributed by atoms with Crippen LogP contribution in [0, 0.1) is 17.2 Å². The van der Waals surface area contributed by atoms with E-state index in [0.29, 0.717) is 5.82 Å². The molecule has 1 aromatic rings. The zero-order valence-corrected chi connectivity index (χ0v) is 10.7. The Morgan fingerprint density at radius 1 is 1.31 bits per heavy atom. The summed E-state index contributed by atoms with van der Waals surface area (Å²) in [6.07, 6.45) is 1.75. The predicted octanol–water partition coefficient (Wildman–Crippen LogP) is 3.04. The minimum Gasteiger partial charge on any atom is -0.240 e. The van der Waals surface area contributed by atoms with Crippen molar-refractivity contribution in [1.29, 1.82) is 5.26 Å². The molecule has 0 saturated carbocycles. The highest BCUT2D eigenvalue weighted by Crippen LogP contribution is 2.24. The molecular formula is C13H19N3. The molecule has 16 heavy (non-hydrogen) atoms. The minimum atomic E-state index is -0.220. The fraction of sp³-hybridized carbons (Fsp3) is 0.615. The molecule has 1 unspecified atom stereocenters. The van der Waals surface area contributed by atoms with Gasteiger partial charge in [-0.1, -0.05) is 34.6 Å². The zero-order chi connectivity index (χ0) is 12.3. The summed E-state index contributed by atoms with van der Waals surface area (Å²) in [5.74, 6) is 0.660. The average Bonchev–Trinajstić information content (AvgIpc) is 2.17. The lowest BCUT2D eigenvalue weighted by Crippen LogP contribution is -2.17. The van der Waals surface area contributed by atoms with Crippen molar-refractivity contribution in [1.82, 2.24) is 9.97 Å². The van der Waals surface area contributed by atoms with Gasteiger partial charge < -0.3 is 0 Å². The number of nitriles is 1. The van der Waals surface area contributed by atoms with Crippen molar-refractivity contribution in [3.05, 3.63) is 23.8 Å². The van der Waals surface area contributed by atoms with E-state index < -0.39 is 0 Å². The van der Waals surface area contributed by atoms with Gasteiger partial charge in [0.15, 0.2) is 0 Å². The van der Waals surface area contributed by atoms with Crippen LogP contribution < -0.4 is 0 Å². The third-order valence-electron chi connectivity index (χ3n) is 2.53. The Bertz CT molecular complexity index is 396. The molecule has 0 spiro atoms. The van der Waals surface area contributed by atoms with E-state index >= 15 is 0 Å². The molecule has 3 nitrogen and oxygen atoms in total. The minimum absolute atomic E-state index is 0.00528. The van der Waals surface area contributed by atoms with E-state index in [9.17, 15) is 0 Å². The third kappa shape index (κ3) is 2.79. The van der Waals surface area contributed by atoms with Crippen LogP contribution in [0.4, 0.5) is 0 Å². The highest BCUT2D eigenvalue weighted by molar-refractivity contribution is 5.17. The van der Waals surface area contributed by atoms with Gasteiger partial charge in [-0.05, 0) is 12.0 Å². The molecule has 1 rings (SSSR count). The fourth-order valence-corrected chi connectivity index (χ4v) is 1.45. The molecule has 0 aromatic carbocycles. The quantitative estimate of drug-likeness (QED) is 0.765. The molecule has 0 N–H and O–H groups in total. The van der Waals surface area contributed by atoms with Crippen LogP contribution >= 0.6 is 0 Å². The summed E-state index contributed by atoms with van der Waals surface area (Å²) in [7, 11) is 0. The van der Waals surface area contributed by atoms with Crippen molar-refractivity contribution < 1.29 is 0 Å². The summed E-state index contributed by atoms with van der Waals surface area (Å²) in [6.45, 7) is 10.4. The van der Waals surface area contributed by atoms with Gasteiger partial charge in [-0.2, -0.15) is 5.26 Å². The number of nitrogens with zero attached hydrogens (tertiary/aromatic N) is 3. The summed E-state index contributed by atoms with van der Waals surface area (Å²) in [5.41, 5.74) is 0.979. The van der Waals surface area contributed by atoms with Gasteiger partial charge in [0.25, 0.3) is 0 Å². The van der Waals surface area contributed by atoms with E-state index in [0.717, 1.165) is 5.69 Å². The first-order valence-corrected chi connectivity index (χ1v) is 5.59. The van der Waals surface area contributed by atoms with E-state index in [1.165, 1.54) is 0 Å². The Labute approximate surface area is 97.5 Å². The number of rotatable bonds is 2. The van der Waals surface area contributed by atoms with Crippen molar-refractivity contribution in [2.45, 2.75) is 46.0 Å². The van der Waals surface area contributed by atoms with Gasteiger partial charge in [0.2, 0.25) is 0 Å². The second-order valence-corrected chi connectivity index (χ2v) is 5.40. The summed E-state index contributed by atoms with van der Waals surface area (Å²) in [6, 6.07) is 4.19. The van der Waals surface area contributed by atoms with Gasteiger partial charge in [0, 0.05) is 17.3 Å². The summed E-state index contributed by atoms with van der Waals surface area (Å²) < 4.78 is 0. The molecular weight excluding hydrogens is 198 g/mol. The molecule has 0 aliphatic heterocycles. The fourth-order valence-electron chi connectivity index (χ4n) is 1.45. The second-order valence-electron chi connectivity index (χ2n) is 5.40. The van der Waals surface area contributed by atoms with Crippen molar-refractivity contribution in [2.24, 2.45) is 5.92 Å². The topological polar surface area (TPSA) is 49.6 Å². The molecule has 1 atom stereocenters. The number of hydrogen-bond donors (Lipinski definition) is 0. The molecule has 0 aliphatic rings. The van der Waals surface area contributed by atoms with Gasteiger partial charge in [-0.15, -0.1) is 0 Å². The Morgan fingerprint density at radius 3 is 2.38 bits per heavy atom. The lowest BCUT2D eigenvalue weighted by atomic mass is 9.91. The molecule has 0 fully saturated rings. The van der Waals surface area contributed by atoms with Crippen LogP contribution in [0.15, 0.2) is 12.3 Å². The van der Waals surface area contributed by atoms with Gasteiger partial charge in [0.05, 0.1) is 6.07 Å². The molecule has 0 aliphatic carbocycles. The first-order valence-electron chi connectivity index (χ1n) is 5.59. The SMILES string of the molecule is CC(C)C(C#N)c1nccc(C(C)(C)C)n1. The van der Waals surface area contributed by atoms with E-state index in [1.54, 1.807) is 6.20 Å². The Balaban J connectivity index is 3.13. The summed E-state index contributed by atoms with van der Waals surface area (Å²) in [5, 5.41) is 9.11. The van der Waals surface area contributed by atoms with Crippen LogP contribution in [0.1, 0.15) is 52.1 Å². The summed E-state index contributed by atoms with van der Waals surface area (Å²) >= 11 is 0. The molecule has 0 amide bonds. The largest absolute Gasteiger partial charge is 0.240 e. The first kappa shape index (κ1) is 12.6. The smallest absolute Gasteiger partial charge is 0.145 e. The molecule has 1 heterocycles.